The van der Waals surface area contributed by atoms with Crippen LogP contribution in [0, 0.1) is 33.6 Å². The summed E-state index contributed by atoms with van der Waals surface area (Å²) in [7, 11) is -2.47. The SMILES string of the molecule is CC1=C(C)C(C)C([Si](c2ccc(C)cc2)(c2ccc(C)cc2)c2cc(C)cc(C)c2)=C1C. The van der Waals surface area contributed by atoms with E-state index in [0.717, 1.165) is 0 Å². The molecule has 0 nitrogen and oxygen atoms in total. The Morgan fingerprint density at radius 3 is 1.31 bits per heavy atom. The van der Waals surface area contributed by atoms with Gasteiger partial charge in [0.05, 0.1) is 0 Å². The molecule has 1 aliphatic carbocycles. The predicted molar refractivity (Wildman–Crippen MR) is 143 cm³/mol. The maximum Gasteiger partial charge on any atom is 0.176 e. The summed E-state index contributed by atoms with van der Waals surface area (Å²) in [6, 6.07) is 26.1. The van der Waals surface area contributed by atoms with Crippen LogP contribution in [0.5, 0.6) is 0 Å². The van der Waals surface area contributed by atoms with Gasteiger partial charge in [-0.25, -0.2) is 0 Å². The van der Waals surface area contributed by atoms with Gasteiger partial charge < -0.3 is 0 Å². The Balaban J connectivity index is 2.20. The monoisotopic (exact) mass is 436 g/mol. The van der Waals surface area contributed by atoms with Gasteiger partial charge in [0, 0.05) is 0 Å². The largest absolute Gasteiger partial charge is 0.176 e. The zero-order chi connectivity index (χ0) is 23.2. The van der Waals surface area contributed by atoms with Crippen molar-refractivity contribution >= 4 is 23.6 Å². The molecule has 0 N–H and O–H groups in total. The quantitative estimate of drug-likeness (QED) is 0.336. The molecule has 0 aromatic heterocycles. The van der Waals surface area contributed by atoms with E-state index in [0.29, 0.717) is 5.92 Å². The molecule has 0 heterocycles. The highest BCUT2D eigenvalue weighted by Crippen LogP contribution is 2.41. The minimum absolute atomic E-state index is 0.449. The topological polar surface area (TPSA) is 0 Å². The summed E-state index contributed by atoms with van der Waals surface area (Å²) in [6.07, 6.45) is 0. The van der Waals surface area contributed by atoms with Gasteiger partial charge in [-0.1, -0.05) is 112 Å². The third-order valence-electron chi connectivity index (χ3n) is 7.67. The number of hydrogen-bond donors (Lipinski definition) is 0. The Kier molecular flexibility index (Phi) is 5.90. The van der Waals surface area contributed by atoms with E-state index in [4.69, 9.17) is 0 Å². The normalized spacial score (nSPS) is 16.8. The molecule has 0 fully saturated rings. The highest BCUT2D eigenvalue weighted by Gasteiger charge is 2.48. The van der Waals surface area contributed by atoms with E-state index in [1.807, 2.05) is 0 Å². The highest BCUT2D eigenvalue weighted by molar-refractivity contribution is 7.16. The molecular weight excluding hydrogens is 400 g/mol. The molecule has 0 radical (unpaired) electrons. The van der Waals surface area contributed by atoms with Crippen LogP contribution in [0.2, 0.25) is 0 Å². The first-order chi connectivity index (χ1) is 15.2. The van der Waals surface area contributed by atoms with Crippen LogP contribution < -0.4 is 15.6 Å². The first kappa shape index (κ1) is 22.5. The molecule has 0 amide bonds. The zero-order valence-corrected chi connectivity index (χ0v) is 21.9. The van der Waals surface area contributed by atoms with E-state index in [9.17, 15) is 0 Å². The van der Waals surface area contributed by atoms with Crippen molar-refractivity contribution in [3.05, 3.63) is 111 Å². The number of allylic oxidation sites excluding steroid dienone is 4. The molecule has 32 heavy (non-hydrogen) atoms. The minimum Gasteiger partial charge on any atom is -0.0636 e. The standard InChI is InChI=1S/C31H36Si/c1-20-9-13-28(14-10-20)32(29-15-11-21(2)12-16-29,30-18-22(3)17-23(4)19-30)31-26(7)24(5)25(6)27(31)8/h9-19,26H,1-8H3. The molecule has 0 saturated carbocycles. The fourth-order valence-corrected chi connectivity index (χ4v) is 11.5. The highest BCUT2D eigenvalue weighted by atomic mass is 28.3. The Labute approximate surface area is 195 Å². The summed E-state index contributed by atoms with van der Waals surface area (Å²) >= 11 is 0. The number of benzene rings is 3. The zero-order valence-electron chi connectivity index (χ0n) is 20.9. The summed E-state index contributed by atoms with van der Waals surface area (Å²) in [4.78, 5) is 0. The van der Waals surface area contributed by atoms with E-state index in [2.05, 4.69) is 122 Å². The molecular formula is C31H36Si. The van der Waals surface area contributed by atoms with Gasteiger partial charge in [0.15, 0.2) is 8.07 Å². The molecule has 0 saturated heterocycles. The molecule has 1 aliphatic rings. The molecule has 3 aromatic rings. The minimum atomic E-state index is -2.47. The Bertz CT molecular complexity index is 1150. The Morgan fingerprint density at radius 2 is 0.938 bits per heavy atom. The van der Waals surface area contributed by atoms with Gasteiger partial charge in [0.25, 0.3) is 0 Å². The van der Waals surface area contributed by atoms with Crippen LogP contribution in [0.4, 0.5) is 0 Å². The first-order valence-corrected chi connectivity index (χ1v) is 13.8. The van der Waals surface area contributed by atoms with Gasteiger partial charge in [-0.05, 0) is 75.5 Å². The van der Waals surface area contributed by atoms with Crippen molar-refractivity contribution in [1.29, 1.82) is 0 Å². The van der Waals surface area contributed by atoms with E-state index < -0.39 is 8.07 Å². The summed E-state index contributed by atoms with van der Waals surface area (Å²) in [6.45, 7) is 18.3. The van der Waals surface area contributed by atoms with Gasteiger partial charge in [-0.2, -0.15) is 0 Å². The third-order valence-corrected chi connectivity index (χ3v) is 12.8. The van der Waals surface area contributed by atoms with E-state index in [-0.39, 0.29) is 0 Å². The van der Waals surface area contributed by atoms with Crippen LogP contribution in [0.25, 0.3) is 0 Å². The molecule has 0 aliphatic heterocycles. The van der Waals surface area contributed by atoms with Crippen molar-refractivity contribution in [2.45, 2.75) is 55.4 Å². The van der Waals surface area contributed by atoms with E-state index in [1.165, 1.54) is 54.5 Å². The van der Waals surface area contributed by atoms with Crippen molar-refractivity contribution in [3.63, 3.8) is 0 Å². The van der Waals surface area contributed by atoms with Crippen LogP contribution in [0.3, 0.4) is 0 Å². The van der Waals surface area contributed by atoms with Gasteiger partial charge in [0.2, 0.25) is 0 Å². The molecule has 0 spiro atoms. The molecule has 164 valence electrons. The lowest BCUT2D eigenvalue weighted by Gasteiger charge is -2.39. The fraction of sp³-hybridized carbons (Fsp3) is 0.290. The van der Waals surface area contributed by atoms with Crippen molar-refractivity contribution in [2.24, 2.45) is 5.92 Å². The lowest BCUT2D eigenvalue weighted by Crippen LogP contribution is -2.69. The molecule has 0 bridgehead atoms. The number of rotatable bonds is 4. The first-order valence-electron chi connectivity index (χ1n) is 11.8. The van der Waals surface area contributed by atoms with Crippen LogP contribution in [0.1, 0.15) is 49.9 Å². The second-order valence-corrected chi connectivity index (χ2v) is 13.7. The van der Waals surface area contributed by atoms with Gasteiger partial charge in [0.1, 0.15) is 0 Å². The summed E-state index contributed by atoms with van der Waals surface area (Å²) in [5.74, 6) is 0.449. The summed E-state index contributed by atoms with van der Waals surface area (Å²) in [5, 5.41) is 6.14. The molecule has 1 atom stereocenters. The third kappa shape index (κ3) is 3.53. The Morgan fingerprint density at radius 1 is 0.500 bits per heavy atom. The predicted octanol–water partition coefficient (Wildman–Crippen LogP) is 6.23. The van der Waals surface area contributed by atoms with Gasteiger partial charge in [-0.3, -0.25) is 0 Å². The molecule has 1 unspecified atom stereocenters. The van der Waals surface area contributed by atoms with Gasteiger partial charge >= 0.3 is 0 Å². The number of aryl methyl sites for hydroxylation is 4. The summed E-state index contributed by atoms with van der Waals surface area (Å²) in [5.41, 5.74) is 9.84. The van der Waals surface area contributed by atoms with Crippen molar-refractivity contribution in [1.82, 2.24) is 0 Å². The molecule has 4 rings (SSSR count). The van der Waals surface area contributed by atoms with Gasteiger partial charge in [-0.15, -0.1) is 0 Å². The maximum absolute atomic E-state index is 2.47. The van der Waals surface area contributed by atoms with Crippen LogP contribution >= 0.6 is 0 Å². The van der Waals surface area contributed by atoms with Crippen molar-refractivity contribution in [3.8, 4) is 0 Å². The molecule has 1 heteroatoms. The Hall–Kier alpha value is -2.64. The average molecular weight is 437 g/mol. The second kappa shape index (κ2) is 8.37. The van der Waals surface area contributed by atoms with Crippen molar-refractivity contribution in [2.75, 3.05) is 0 Å². The lowest BCUT2D eigenvalue weighted by atomic mass is 10.1. The lowest BCUT2D eigenvalue weighted by molar-refractivity contribution is 0.851. The average Bonchev–Trinajstić information content (AvgIpc) is 2.94. The van der Waals surface area contributed by atoms with Crippen molar-refractivity contribution < 1.29 is 0 Å². The van der Waals surface area contributed by atoms with Crippen LogP contribution in [-0.4, -0.2) is 8.07 Å². The maximum atomic E-state index is 2.47. The smallest absolute Gasteiger partial charge is 0.0636 e. The fourth-order valence-electron chi connectivity index (χ4n) is 5.73. The molecule has 3 aromatic carbocycles. The second-order valence-electron chi connectivity index (χ2n) is 9.93. The number of hydrogen-bond acceptors (Lipinski definition) is 0. The van der Waals surface area contributed by atoms with E-state index in [1.54, 1.807) is 5.20 Å². The van der Waals surface area contributed by atoms with Crippen LogP contribution in [-0.2, 0) is 0 Å². The summed E-state index contributed by atoms with van der Waals surface area (Å²) < 4.78 is 0. The van der Waals surface area contributed by atoms with Crippen LogP contribution in [0.15, 0.2) is 88.6 Å². The van der Waals surface area contributed by atoms with E-state index >= 15 is 0 Å².